The number of nitrogens with zero attached hydrogens (tertiary/aromatic N) is 4. The molecule has 2 amide bonds. The molecule has 136 valence electrons. The summed E-state index contributed by atoms with van der Waals surface area (Å²) in [4.78, 5) is 36.4. The average Bonchev–Trinajstić information content (AvgIpc) is 2.87. The number of aromatic nitrogens is 2. The van der Waals surface area contributed by atoms with Crippen molar-refractivity contribution in [2.45, 2.75) is 26.2 Å². The quantitative estimate of drug-likeness (QED) is 0.807. The molecule has 25 heavy (non-hydrogen) atoms. The van der Waals surface area contributed by atoms with Crippen molar-refractivity contribution < 1.29 is 14.3 Å². The Bertz CT molecular complexity index is 587. The minimum absolute atomic E-state index is 0.0217. The van der Waals surface area contributed by atoms with Crippen LogP contribution < -0.4 is 0 Å². The zero-order valence-electron chi connectivity index (χ0n) is 14.8. The van der Waals surface area contributed by atoms with Gasteiger partial charge in [-0.15, -0.1) is 0 Å². The molecule has 1 aromatic rings. The standard InChI is InChI=1S/C18H26N4O3/c1-14(23)21-6-3-16(4-7-21)18(24)22-8-9-25-12-15(11-22)10-17-2-5-19-13-20-17/h2,5,13,15-16H,3-4,6-12H2,1H3/t15-/m0/s1. The summed E-state index contributed by atoms with van der Waals surface area (Å²) in [5.41, 5.74) is 0.979. The molecule has 0 aliphatic carbocycles. The van der Waals surface area contributed by atoms with E-state index in [1.807, 2.05) is 15.9 Å². The van der Waals surface area contributed by atoms with Crippen LogP contribution in [0.2, 0.25) is 0 Å². The molecule has 0 aromatic carbocycles. The van der Waals surface area contributed by atoms with Crippen molar-refractivity contribution >= 4 is 11.8 Å². The summed E-state index contributed by atoms with van der Waals surface area (Å²) in [6.07, 6.45) is 5.60. The topological polar surface area (TPSA) is 75.6 Å². The molecule has 2 aliphatic heterocycles. The maximum atomic E-state index is 12.9. The normalized spacial score (nSPS) is 22.5. The maximum absolute atomic E-state index is 12.9. The molecule has 1 atom stereocenters. The minimum atomic E-state index is 0.0217. The first-order valence-electron chi connectivity index (χ1n) is 9.00. The van der Waals surface area contributed by atoms with E-state index in [-0.39, 0.29) is 23.7 Å². The number of likely N-dealkylation sites (tertiary alicyclic amines) is 1. The smallest absolute Gasteiger partial charge is 0.225 e. The molecule has 2 aliphatic rings. The molecular weight excluding hydrogens is 320 g/mol. The second-order valence-electron chi connectivity index (χ2n) is 6.91. The Balaban J connectivity index is 1.57. The first-order valence-corrected chi connectivity index (χ1v) is 9.00. The molecule has 1 aromatic heterocycles. The van der Waals surface area contributed by atoms with E-state index in [0.29, 0.717) is 39.4 Å². The van der Waals surface area contributed by atoms with Gasteiger partial charge in [0.05, 0.1) is 13.2 Å². The molecule has 3 heterocycles. The second-order valence-corrected chi connectivity index (χ2v) is 6.91. The van der Waals surface area contributed by atoms with Crippen molar-refractivity contribution in [3.05, 3.63) is 24.3 Å². The number of amides is 2. The summed E-state index contributed by atoms with van der Waals surface area (Å²) in [6, 6.07) is 1.91. The van der Waals surface area contributed by atoms with Crippen LogP contribution >= 0.6 is 0 Å². The van der Waals surface area contributed by atoms with Gasteiger partial charge in [0, 0.05) is 56.8 Å². The van der Waals surface area contributed by atoms with E-state index >= 15 is 0 Å². The van der Waals surface area contributed by atoms with Crippen LogP contribution in [-0.4, -0.2) is 71.0 Å². The SMILES string of the molecule is CC(=O)N1CCC(C(=O)N2CCOC[C@@H](Cc3ccncn3)C2)CC1. The minimum Gasteiger partial charge on any atom is -0.379 e. The number of ether oxygens (including phenoxy) is 1. The van der Waals surface area contributed by atoms with E-state index in [4.69, 9.17) is 4.74 Å². The Kier molecular flexibility index (Phi) is 5.96. The van der Waals surface area contributed by atoms with Crippen LogP contribution in [0.15, 0.2) is 18.6 Å². The van der Waals surface area contributed by atoms with Gasteiger partial charge in [-0.05, 0) is 25.3 Å². The summed E-state index contributed by atoms with van der Waals surface area (Å²) < 4.78 is 5.71. The fourth-order valence-corrected chi connectivity index (χ4v) is 3.64. The van der Waals surface area contributed by atoms with E-state index in [1.54, 1.807) is 19.4 Å². The van der Waals surface area contributed by atoms with Crippen LogP contribution in [-0.2, 0) is 20.7 Å². The largest absolute Gasteiger partial charge is 0.379 e. The molecule has 0 spiro atoms. The Labute approximate surface area is 148 Å². The van der Waals surface area contributed by atoms with E-state index in [2.05, 4.69) is 9.97 Å². The summed E-state index contributed by atoms with van der Waals surface area (Å²) in [7, 11) is 0. The van der Waals surface area contributed by atoms with E-state index in [1.165, 1.54) is 0 Å². The van der Waals surface area contributed by atoms with Crippen LogP contribution in [0.1, 0.15) is 25.5 Å². The Morgan fingerprint density at radius 3 is 2.72 bits per heavy atom. The number of carbonyl (C=O) groups is 2. The van der Waals surface area contributed by atoms with Crippen molar-refractivity contribution in [1.29, 1.82) is 0 Å². The predicted molar refractivity (Wildman–Crippen MR) is 91.6 cm³/mol. The fourth-order valence-electron chi connectivity index (χ4n) is 3.64. The van der Waals surface area contributed by atoms with E-state index < -0.39 is 0 Å². The van der Waals surface area contributed by atoms with Crippen LogP contribution in [0.5, 0.6) is 0 Å². The summed E-state index contributed by atoms with van der Waals surface area (Å²) in [5.74, 6) is 0.576. The molecule has 7 nitrogen and oxygen atoms in total. The van der Waals surface area contributed by atoms with Crippen LogP contribution in [0.3, 0.4) is 0 Å². The van der Waals surface area contributed by atoms with Gasteiger partial charge < -0.3 is 14.5 Å². The van der Waals surface area contributed by atoms with Crippen molar-refractivity contribution in [1.82, 2.24) is 19.8 Å². The molecular formula is C18H26N4O3. The Morgan fingerprint density at radius 2 is 2.04 bits per heavy atom. The number of hydrogen-bond acceptors (Lipinski definition) is 5. The first-order chi connectivity index (χ1) is 12.1. The third kappa shape index (κ3) is 4.75. The third-order valence-corrected chi connectivity index (χ3v) is 5.08. The van der Waals surface area contributed by atoms with Crippen LogP contribution in [0.4, 0.5) is 0 Å². The summed E-state index contributed by atoms with van der Waals surface area (Å²) in [5, 5.41) is 0. The van der Waals surface area contributed by atoms with Gasteiger partial charge >= 0.3 is 0 Å². The zero-order chi connectivity index (χ0) is 17.6. The number of rotatable bonds is 3. The monoisotopic (exact) mass is 346 g/mol. The first kappa shape index (κ1) is 17.8. The molecule has 0 radical (unpaired) electrons. The van der Waals surface area contributed by atoms with Crippen molar-refractivity contribution in [2.75, 3.05) is 39.4 Å². The lowest BCUT2D eigenvalue weighted by atomic mass is 9.94. The lowest BCUT2D eigenvalue weighted by Crippen LogP contribution is -2.45. The molecule has 0 bridgehead atoms. The number of hydrogen-bond donors (Lipinski definition) is 0. The van der Waals surface area contributed by atoms with Crippen molar-refractivity contribution in [3.63, 3.8) is 0 Å². The van der Waals surface area contributed by atoms with Crippen molar-refractivity contribution in [3.8, 4) is 0 Å². The van der Waals surface area contributed by atoms with E-state index in [0.717, 1.165) is 25.0 Å². The summed E-state index contributed by atoms with van der Waals surface area (Å²) in [6.45, 7) is 5.53. The lowest BCUT2D eigenvalue weighted by Gasteiger charge is -2.34. The highest BCUT2D eigenvalue weighted by Crippen LogP contribution is 2.22. The molecule has 2 fully saturated rings. The summed E-state index contributed by atoms with van der Waals surface area (Å²) >= 11 is 0. The number of piperidine rings is 1. The highest BCUT2D eigenvalue weighted by Gasteiger charge is 2.31. The van der Waals surface area contributed by atoms with Crippen LogP contribution in [0, 0.1) is 11.8 Å². The lowest BCUT2D eigenvalue weighted by molar-refractivity contribution is -0.140. The van der Waals surface area contributed by atoms with Gasteiger partial charge in [0.25, 0.3) is 0 Å². The zero-order valence-corrected chi connectivity index (χ0v) is 14.8. The molecule has 0 N–H and O–H groups in total. The third-order valence-electron chi connectivity index (χ3n) is 5.08. The molecule has 7 heteroatoms. The Hall–Kier alpha value is -2.02. The highest BCUT2D eigenvalue weighted by atomic mass is 16.5. The van der Waals surface area contributed by atoms with Gasteiger partial charge in [0.15, 0.2) is 0 Å². The second kappa shape index (κ2) is 8.38. The molecule has 3 rings (SSSR count). The molecule has 0 saturated carbocycles. The Morgan fingerprint density at radius 1 is 1.24 bits per heavy atom. The number of carbonyl (C=O) groups excluding carboxylic acids is 2. The highest BCUT2D eigenvalue weighted by molar-refractivity contribution is 5.79. The van der Waals surface area contributed by atoms with Gasteiger partial charge in [0.2, 0.25) is 11.8 Å². The van der Waals surface area contributed by atoms with Crippen LogP contribution in [0.25, 0.3) is 0 Å². The van der Waals surface area contributed by atoms with Gasteiger partial charge in [-0.3, -0.25) is 9.59 Å². The maximum Gasteiger partial charge on any atom is 0.225 e. The molecule has 0 unspecified atom stereocenters. The predicted octanol–water partition coefficient (Wildman–Crippen LogP) is 0.753. The van der Waals surface area contributed by atoms with Gasteiger partial charge in [0.1, 0.15) is 6.33 Å². The average molecular weight is 346 g/mol. The fraction of sp³-hybridized carbons (Fsp3) is 0.667. The molecule has 2 saturated heterocycles. The van der Waals surface area contributed by atoms with E-state index in [9.17, 15) is 9.59 Å². The van der Waals surface area contributed by atoms with Gasteiger partial charge in [-0.25, -0.2) is 9.97 Å². The van der Waals surface area contributed by atoms with Gasteiger partial charge in [-0.2, -0.15) is 0 Å². The van der Waals surface area contributed by atoms with Gasteiger partial charge in [-0.1, -0.05) is 0 Å². The van der Waals surface area contributed by atoms with Crippen molar-refractivity contribution in [2.24, 2.45) is 11.8 Å².